The maximum absolute atomic E-state index is 12.8. The SMILES string of the molecule is Cn1c(=O)c2cc(C(=O)NN=C(c3ccccc3)c3ccccc3)cnc2n(C)c1=O. The number of aryl methyl sites for hydroxylation is 1. The molecule has 1 N–H and O–H groups in total. The Morgan fingerprint density at radius 2 is 1.45 bits per heavy atom. The second-order valence-electron chi connectivity index (χ2n) is 6.93. The van der Waals surface area contributed by atoms with Crippen LogP contribution in [0.2, 0.25) is 0 Å². The van der Waals surface area contributed by atoms with E-state index in [1.165, 1.54) is 30.9 Å². The number of benzene rings is 2. The molecule has 0 atom stereocenters. The number of pyridine rings is 1. The second-order valence-corrected chi connectivity index (χ2v) is 6.93. The van der Waals surface area contributed by atoms with Crippen molar-refractivity contribution in [2.75, 3.05) is 0 Å². The number of nitrogens with zero attached hydrogens (tertiary/aromatic N) is 4. The van der Waals surface area contributed by atoms with Crippen LogP contribution in [-0.4, -0.2) is 25.7 Å². The highest BCUT2D eigenvalue weighted by Crippen LogP contribution is 2.11. The fourth-order valence-corrected chi connectivity index (χ4v) is 3.25. The van der Waals surface area contributed by atoms with Gasteiger partial charge in [0.25, 0.3) is 11.5 Å². The summed E-state index contributed by atoms with van der Waals surface area (Å²) in [7, 11) is 2.90. The molecule has 0 fully saturated rings. The molecule has 4 aromatic rings. The fraction of sp³-hybridized carbons (Fsp3) is 0.0870. The number of nitrogens with one attached hydrogen (secondary N) is 1. The van der Waals surface area contributed by atoms with Gasteiger partial charge in [-0.15, -0.1) is 0 Å². The maximum atomic E-state index is 12.8. The van der Waals surface area contributed by atoms with Gasteiger partial charge in [0.05, 0.1) is 16.7 Å². The van der Waals surface area contributed by atoms with Crippen LogP contribution in [0.1, 0.15) is 21.5 Å². The first-order valence-corrected chi connectivity index (χ1v) is 9.52. The van der Waals surface area contributed by atoms with E-state index in [4.69, 9.17) is 0 Å². The van der Waals surface area contributed by atoms with E-state index in [1.807, 2.05) is 60.7 Å². The molecule has 31 heavy (non-hydrogen) atoms. The van der Waals surface area contributed by atoms with Crippen molar-refractivity contribution in [2.45, 2.75) is 0 Å². The molecule has 2 heterocycles. The van der Waals surface area contributed by atoms with E-state index in [9.17, 15) is 14.4 Å². The standard InChI is InChI=1S/C23H19N5O3/c1-27-20-18(22(30)28(2)23(27)31)13-17(14-24-20)21(29)26-25-19(15-9-5-3-6-10-15)16-11-7-4-8-12-16/h3-14H,1-2H3,(H,26,29). The number of hydrogen-bond acceptors (Lipinski definition) is 5. The van der Waals surface area contributed by atoms with Gasteiger partial charge in [-0.05, 0) is 6.07 Å². The number of hydrazone groups is 1. The maximum Gasteiger partial charge on any atom is 0.332 e. The number of aromatic nitrogens is 3. The number of hydrogen-bond donors (Lipinski definition) is 1. The van der Waals surface area contributed by atoms with E-state index in [2.05, 4.69) is 15.5 Å². The van der Waals surface area contributed by atoms with Gasteiger partial charge in [0, 0.05) is 31.4 Å². The highest BCUT2D eigenvalue weighted by Gasteiger charge is 2.14. The summed E-state index contributed by atoms with van der Waals surface area (Å²) in [5.74, 6) is -0.519. The molecule has 8 heteroatoms. The predicted octanol–water partition coefficient (Wildman–Crippen LogP) is 1.81. The van der Waals surface area contributed by atoms with Crippen molar-refractivity contribution in [3.63, 3.8) is 0 Å². The molecule has 0 aliphatic carbocycles. The molecular weight excluding hydrogens is 394 g/mol. The molecular formula is C23H19N5O3. The molecule has 8 nitrogen and oxygen atoms in total. The van der Waals surface area contributed by atoms with Crippen LogP contribution in [0, 0.1) is 0 Å². The second kappa shape index (κ2) is 8.19. The topological polar surface area (TPSA) is 98.3 Å². The van der Waals surface area contributed by atoms with E-state index >= 15 is 0 Å². The Kier molecular flexibility index (Phi) is 5.28. The molecule has 2 aromatic carbocycles. The Balaban J connectivity index is 1.73. The Morgan fingerprint density at radius 3 is 2.03 bits per heavy atom. The lowest BCUT2D eigenvalue weighted by molar-refractivity contribution is 0.0954. The molecule has 0 spiro atoms. The van der Waals surface area contributed by atoms with Crippen molar-refractivity contribution in [3.8, 4) is 0 Å². The van der Waals surface area contributed by atoms with Crippen LogP contribution in [0.3, 0.4) is 0 Å². The average Bonchev–Trinajstić information content (AvgIpc) is 2.82. The van der Waals surface area contributed by atoms with Crippen LogP contribution in [0.5, 0.6) is 0 Å². The minimum atomic E-state index is -0.519. The molecule has 0 bridgehead atoms. The van der Waals surface area contributed by atoms with E-state index in [0.29, 0.717) is 5.71 Å². The highest BCUT2D eigenvalue weighted by molar-refractivity contribution is 6.13. The van der Waals surface area contributed by atoms with Crippen LogP contribution in [0.25, 0.3) is 11.0 Å². The fourth-order valence-electron chi connectivity index (χ4n) is 3.25. The summed E-state index contributed by atoms with van der Waals surface area (Å²) in [5.41, 5.74) is 4.21. The van der Waals surface area contributed by atoms with Gasteiger partial charge in [0.2, 0.25) is 0 Å². The van der Waals surface area contributed by atoms with Gasteiger partial charge in [0.1, 0.15) is 5.65 Å². The zero-order valence-electron chi connectivity index (χ0n) is 16.9. The first-order valence-electron chi connectivity index (χ1n) is 9.52. The van der Waals surface area contributed by atoms with Gasteiger partial charge in [-0.3, -0.25) is 18.7 Å². The zero-order chi connectivity index (χ0) is 22.0. The molecule has 0 unspecified atom stereocenters. The van der Waals surface area contributed by atoms with Gasteiger partial charge in [-0.25, -0.2) is 15.2 Å². The van der Waals surface area contributed by atoms with Crippen LogP contribution in [0.4, 0.5) is 0 Å². The highest BCUT2D eigenvalue weighted by atomic mass is 16.2. The van der Waals surface area contributed by atoms with E-state index in [1.54, 1.807) is 0 Å². The lowest BCUT2D eigenvalue weighted by Gasteiger charge is -2.09. The average molecular weight is 413 g/mol. The van der Waals surface area contributed by atoms with E-state index < -0.39 is 17.2 Å². The Labute approximate surface area is 177 Å². The number of carbonyl (C=O) groups is 1. The number of rotatable bonds is 4. The van der Waals surface area contributed by atoms with Gasteiger partial charge < -0.3 is 0 Å². The lowest BCUT2D eigenvalue weighted by atomic mass is 10.0. The molecule has 2 aromatic heterocycles. The minimum absolute atomic E-state index is 0.160. The first kappa shape index (κ1) is 20.0. The summed E-state index contributed by atoms with van der Waals surface area (Å²) in [6, 6.07) is 20.4. The van der Waals surface area contributed by atoms with Crippen molar-refractivity contribution in [3.05, 3.63) is 110 Å². The molecule has 1 amide bonds. The van der Waals surface area contributed by atoms with Crippen LogP contribution in [0.15, 0.2) is 87.6 Å². The summed E-state index contributed by atoms with van der Waals surface area (Å²) >= 11 is 0. The van der Waals surface area contributed by atoms with Gasteiger partial charge in [-0.2, -0.15) is 5.10 Å². The van der Waals surface area contributed by atoms with E-state index in [0.717, 1.165) is 15.7 Å². The predicted molar refractivity (Wildman–Crippen MR) is 118 cm³/mol. The third-order valence-electron chi connectivity index (χ3n) is 4.92. The minimum Gasteiger partial charge on any atom is -0.280 e. The number of fused-ring (bicyclic) bond motifs is 1. The quantitative estimate of drug-likeness (QED) is 0.408. The van der Waals surface area contributed by atoms with Gasteiger partial charge >= 0.3 is 5.69 Å². The van der Waals surface area contributed by atoms with Gasteiger partial charge in [0.15, 0.2) is 0 Å². The Morgan fingerprint density at radius 1 is 0.871 bits per heavy atom. The van der Waals surface area contributed by atoms with E-state index in [-0.39, 0.29) is 16.6 Å². The summed E-state index contributed by atoms with van der Waals surface area (Å²) in [5, 5.41) is 4.52. The van der Waals surface area contributed by atoms with Crippen LogP contribution < -0.4 is 16.7 Å². The van der Waals surface area contributed by atoms with Crippen molar-refractivity contribution in [2.24, 2.45) is 19.2 Å². The summed E-state index contributed by atoms with van der Waals surface area (Å²) in [6.45, 7) is 0. The number of amides is 1. The van der Waals surface area contributed by atoms with Crippen LogP contribution in [-0.2, 0) is 14.1 Å². The third-order valence-corrected chi connectivity index (χ3v) is 4.92. The summed E-state index contributed by atoms with van der Waals surface area (Å²) in [4.78, 5) is 41.4. The molecule has 0 aliphatic rings. The normalized spacial score (nSPS) is 10.6. The third kappa shape index (κ3) is 3.78. The summed E-state index contributed by atoms with van der Waals surface area (Å²) < 4.78 is 2.24. The molecule has 0 aliphatic heterocycles. The number of carbonyl (C=O) groups excluding carboxylic acids is 1. The summed E-state index contributed by atoms with van der Waals surface area (Å²) in [6.07, 6.45) is 1.32. The Bertz CT molecular complexity index is 1380. The zero-order valence-corrected chi connectivity index (χ0v) is 16.9. The molecule has 4 rings (SSSR count). The van der Waals surface area contributed by atoms with Crippen LogP contribution >= 0.6 is 0 Å². The van der Waals surface area contributed by atoms with Gasteiger partial charge in [-0.1, -0.05) is 60.7 Å². The first-order chi connectivity index (χ1) is 15.0. The smallest absolute Gasteiger partial charge is 0.280 e. The largest absolute Gasteiger partial charge is 0.332 e. The van der Waals surface area contributed by atoms with Crippen molar-refractivity contribution >= 4 is 22.7 Å². The molecule has 0 saturated heterocycles. The monoisotopic (exact) mass is 413 g/mol. The lowest BCUT2D eigenvalue weighted by Crippen LogP contribution is -2.37. The molecule has 0 saturated carbocycles. The Hall–Kier alpha value is -4.33. The van der Waals surface area contributed by atoms with Crippen molar-refractivity contribution in [1.82, 2.24) is 19.5 Å². The molecule has 154 valence electrons. The van der Waals surface area contributed by atoms with Crippen molar-refractivity contribution < 1.29 is 4.79 Å². The van der Waals surface area contributed by atoms with Crippen molar-refractivity contribution in [1.29, 1.82) is 0 Å². The molecule has 0 radical (unpaired) electrons.